The molecule has 4 N–H and O–H groups in total. The van der Waals surface area contributed by atoms with Crippen molar-refractivity contribution in [1.29, 1.82) is 0 Å². The number of amides is 1. The van der Waals surface area contributed by atoms with Crippen LogP contribution in [-0.4, -0.2) is 34.9 Å². The van der Waals surface area contributed by atoms with Crippen LogP contribution in [0.1, 0.15) is 33.3 Å². The number of thiocarbonyl (C=S) groups is 1. The zero-order valence-electron chi connectivity index (χ0n) is 17.3. The number of aryl methyl sites for hydroxylation is 1. The third-order valence-corrected chi connectivity index (χ3v) is 4.68. The lowest BCUT2D eigenvalue weighted by atomic mass is 10.1. The molecule has 0 saturated heterocycles. The molecule has 0 aliphatic heterocycles. The highest BCUT2D eigenvalue weighted by Gasteiger charge is 2.15. The van der Waals surface area contributed by atoms with Crippen LogP contribution in [0.4, 0.5) is 10.5 Å². The van der Waals surface area contributed by atoms with Crippen molar-refractivity contribution in [2.45, 2.75) is 39.7 Å². The Kier molecular flexibility index (Phi) is 6.27. The molecule has 2 aromatic carbocycles. The third-order valence-electron chi connectivity index (χ3n) is 4.44. The smallest absolute Gasteiger partial charge is 0.407 e. The van der Waals surface area contributed by atoms with Gasteiger partial charge in [0, 0.05) is 40.6 Å². The summed E-state index contributed by atoms with van der Waals surface area (Å²) in [5.41, 5.74) is 3.96. The monoisotopic (exact) mass is 412 g/mol. The minimum atomic E-state index is -0.506. The Morgan fingerprint density at radius 3 is 2.59 bits per heavy atom. The Morgan fingerprint density at radius 1 is 1.10 bits per heavy atom. The number of hydrogen-bond acceptors (Lipinski definition) is 3. The number of alkyl carbamates (subject to hydrolysis) is 1. The van der Waals surface area contributed by atoms with Gasteiger partial charge in [0.25, 0.3) is 0 Å². The van der Waals surface area contributed by atoms with Crippen LogP contribution in [0.25, 0.3) is 21.8 Å². The van der Waals surface area contributed by atoms with Gasteiger partial charge < -0.3 is 25.7 Å². The first-order valence-corrected chi connectivity index (χ1v) is 10.2. The number of aromatic nitrogens is 1. The number of carbonyl (C=O) groups is 1. The van der Waals surface area contributed by atoms with Crippen LogP contribution >= 0.6 is 12.2 Å². The second-order valence-corrected chi connectivity index (χ2v) is 8.30. The van der Waals surface area contributed by atoms with E-state index in [2.05, 4.69) is 58.2 Å². The average Bonchev–Trinajstić information content (AvgIpc) is 3.01. The molecule has 1 heterocycles. The fourth-order valence-corrected chi connectivity index (χ4v) is 3.41. The maximum Gasteiger partial charge on any atom is 0.407 e. The van der Waals surface area contributed by atoms with Crippen molar-refractivity contribution in [3.05, 3.63) is 42.0 Å². The lowest BCUT2D eigenvalue weighted by Gasteiger charge is -2.19. The predicted octanol–water partition coefficient (Wildman–Crippen LogP) is 4.69. The van der Waals surface area contributed by atoms with Gasteiger partial charge in [-0.05, 0) is 57.1 Å². The molecule has 3 rings (SSSR count). The van der Waals surface area contributed by atoms with Crippen LogP contribution in [-0.2, 0) is 11.2 Å². The maximum absolute atomic E-state index is 11.6. The Morgan fingerprint density at radius 2 is 1.86 bits per heavy atom. The lowest BCUT2D eigenvalue weighted by Crippen LogP contribution is -2.39. The molecule has 1 aromatic heterocycles. The quantitative estimate of drug-likeness (QED) is 0.361. The summed E-state index contributed by atoms with van der Waals surface area (Å²) in [6.07, 6.45) is 0.550. The van der Waals surface area contributed by atoms with Gasteiger partial charge in [0.1, 0.15) is 5.60 Å². The topological polar surface area (TPSA) is 78.2 Å². The van der Waals surface area contributed by atoms with Crippen LogP contribution in [0.5, 0.6) is 0 Å². The van der Waals surface area contributed by atoms with E-state index >= 15 is 0 Å². The molecule has 0 aliphatic rings. The lowest BCUT2D eigenvalue weighted by molar-refractivity contribution is 0.0529. The number of H-pyrrole nitrogens is 1. The number of rotatable bonds is 5. The first kappa shape index (κ1) is 20.9. The van der Waals surface area contributed by atoms with E-state index in [1.165, 1.54) is 21.9 Å². The molecule has 0 atom stereocenters. The number of para-hydroxylation sites is 1. The number of fused-ring (bicyclic) bond motifs is 3. The van der Waals surface area contributed by atoms with Crippen molar-refractivity contribution < 1.29 is 9.53 Å². The first-order chi connectivity index (χ1) is 13.8. The summed E-state index contributed by atoms with van der Waals surface area (Å²) in [4.78, 5) is 15.2. The molecule has 6 nitrogen and oxygen atoms in total. The highest BCUT2D eigenvalue weighted by Crippen LogP contribution is 2.29. The Hall–Kier alpha value is -2.80. The van der Waals surface area contributed by atoms with E-state index in [0.29, 0.717) is 18.2 Å². The van der Waals surface area contributed by atoms with E-state index in [4.69, 9.17) is 17.0 Å². The molecule has 0 aliphatic carbocycles. The van der Waals surface area contributed by atoms with E-state index < -0.39 is 11.7 Å². The summed E-state index contributed by atoms with van der Waals surface area (Å²) in [5, 5.41) is 11.9. The van der Waals surface area contributed by atoms with Crippen LogP contribution < -0.4 is 16.0 Å². The number of nitrogens with one attached hydrogen (secondary N) is 4. The number of carbonyl (C=O) groups excluding carboxylic acids is 1. The number of ether oxygens (including phenoxy) is 1. The largest absolute Gasteiger partial charge is 0.444 e. The molecule has 29 heavy (non-hydrogen) atoms. The van der Waals surface area contributed by atoms with Gasteiger partial charge in [0.05, 0.1) is 0 Å². The van der Waals surface area contributed by atoms with E-state index in [-0.39, 0.29) is 0 Å². The molecular formula is C22H28N4O2S. The zero-order valence-corrected chi connectivity index (χ0v) is 18.1. The van der Waals surface area contributed by atoms with Gasteiger partial charge in [-0.15, -0.1) is 0 Å². The van der Waals surface area contributed by atoms with Crippen molar-refractivity contribution in [2.75, 3.05) is 18.4 Å². The normalized spacial score (nSPS) is 11.4. The Balaban J connectivity index is 1.57. The third kappa shape index (κ3) is 5.38. The summed E-state index contributed by atoms with van der Waals surface area (Å²) < 4.78 is 5.19. The molecule has 0 spiro atoms. The van der Waals surface area contributed by atoms with Crippen molar-refractivity contribution in [3.63, 3.8) is 0 Å². The van der Waals surface area contributed by atoms with Gasteiger partial charge in [-0.2, -0.15) is 0 Å². The van der Waals surface area contributed by atoms with Crippen LogP contribution in [0.2, 0.25) is 0 Å². The van der Waals surface area contributed by atoms with Gasteiger partial charge in [0.15, 0.2) is 5.11 Å². The molecule has 3 aromatic rings. The highest BCUT2D eigenvalue weighted by molar-refractivity contribution is 7.80. The van der Waals surface area contributed by atoms with Gasteiger partial charge in [-0.3, -0.25) is 0 Å². The summed E-state index contributed by atoms with van der Waals surface area (Å²) in [5.74, 6) is 0. The minimum absolute atomic E-state index is 0.414. The predicted molar refractivity (Wildman–Crippen MR) is 124 cm³/mol. The summed E-state index contributed by atoms with van der Waals surface area (Å²) >= 11 is 5.35. The fraction of sp³-hybridized carbons (Fsp3) is 0.364. The van der Waals surface area contributed by atoms with Gasteiger partial charge >= 0.3 is 6.09 Å². The fourth-order valence-electron chi connectivity index (χ4n) is 3.19. The molecule has 7 heteroatoms. The second kappa shape index (κ2) is 8.69. The molecular weight excluding hydrogens is 384 g/mol. The molecule has 0 fully saturated rings. The van der Waals surface area contributed by atoms with Crippen molar-refractivity contribution in [1.82, 2.24) is 15.6 Å². The summed E-state index contributed by atoms with van der Waals surface area (Å²) in [6.45, 7) is 8.57. The van der Waals surface area contributed by atoms with Crippen molar-refractivity contribution in [3.8, 4) is 0 Å². The molecule has 1 amide bonds. The first-order valence-electron chi connectivity index (χ1n) is 9.82. The highest BCUT2D eigenvalue weighted by atomic mass is 32.1. The molecule has 154 valence electrons. The summed E-state index contributed by atoms with van der Waals surface area (Å²) in [6, 6.07) is 12.6. The van der Waals surface area contributed by atoms with E-state index in [1.54, 1.807) is 0 Å². The Labute approximate surface area is 176 Å². The van der Waals surface area contributed by atoms with Crippen molar-refractivity contribution >= 4 is 50.9 Å². The molecule has 0 bridgehead atoms. The standard InChI is InChI=1S/C22H28N4O2S/c1-5-14-7-6-8-17-16-10-9-15(13-18(16)26-19(14)17)25-20(29)23-11-12-24-21(27)28-22(2,3)4/h6-10,13,26H,5,11-12H2,1-4H3,(H,24,27)(H2,23,25,29). The van der Waals surface area contributed by atoms with Gasteiger partial charge in [-0.1, -0.05) is 31.2 Å². The molecule has 0 unspecified atom stereocenters. The number of aromatic amines is 1. The number of anilines is 1. The van der Waals surface area contributed by atoms with E-state index in [0.717, 1.165) is 17.6 Å². The van der Waals surface area contributed by atoms with E-state index in [9.17, 15) is 4.79 Å². The van der Waals surface area contributed by atoms with E-state index in [1.807, 2.05) is 26.8 Å². The minimum Gasteiger partial charge on any atom is -0.444 e. The van der Waals surface area contributed by atoms with Crippen LogP contribution in [0, 0.1) is 0 Å². The Bertz CT molecular complexity index is 1040. The SMILES string of the molecule is CCc1cccc2c1[nH]c1cc(NC(=S)NCCNC(=O)OC(C)(C)C)ccc12. The molecule has 0 saturated carbocycles. The number of hydrogen-bond donors (Lipinski definition) is 4. The van der Waals surface area contributed by atoms with Crippen LogP contribution in [0.3, 0.4) is 0 Å². The van der Waals surface area contributed by atoms with Gasteiger partial charge in [-0.25, -0.2) is 4.79 Å². The summed E-state index contributed by atoms with van der Waals surface area (Å²) in [7, 11) is 0. The number of benzene rings is 2. The molecule has 0 radical (unpaired) electrons. The average molecular weight is 413 g/mol. The zero-order chi connectivity index (χ0) is 21.0. The van der Waals surface area contributed by atoms with Crippen molar-refractivity contribution in [2.24, 2.45) is 0 Å². The second-order valence-electron chi connectivity index (χ2n) is 7.89. The van der Waals surface area contributed by atoms with Crippen LogP contribution in [0.15, 0.2) is 36.4 Å². The maximum atomic E-state index is 11.6. The van der Waals surface area contributed by atoms with Gasteiger partial charge in [0.2, 0.25) is 0 Å².